The average molecular weight is 609 g/mol. The van der Waals surface area contributed by atoms with Crippen molar-refractivity contribution in [3.05, 3.63) is 133 Å². The van der Waals surface area contributed by atoms with Gasteiger partial charge in [-0.2, -0.15) is 0 Å². The molecule has 1 heterocycles. The first-order valence-corrected chi connectivity index (χ1v) is 15.5. The molecular formula is C34H32N4O5S. The number of amides is 1. The van der Waals surface area contributed by atoms with Crippen LogP contribution in [-0.2, 0) is 16.4 Å². The van der Waals surface area contributed by atoms with Crippen molar-refractivity contribution in [1.82, 2.24) is 9.71 Å². The Bertz CT molecular complexity index is 1800. The van der Waals surface area contributed by atoms with Crippen LogP contribution in [0.3, 0.4) is 0 Å². The first-order valence-electron chi connectivity index (χ1n) is 14.0. The lowest BCUT2D eigenvalue weighted by molar-refractivity contribution is 0.102. The number of rotatable bonds is 13. The lowest BCUT2D eigenvalue weighted by Crippen LogP contribution is -2.28. The third-order valence-electron chi connectivity index (χ3n) is 6.73. The Morgan fingerprint density at radius 1 is 0.773 bits per heavy atom. The highest BCUT2D eigenvalue weighted by Crippen LogP contribution is 2.27. The molecule has 5 rings (SSSR count). The fourth-order valence-corrected chi connectivity index (χ4v) is 5.63. The lowest BCUT2D eigenvalue weighted by Gasteiger charge is -2.13. The number of carbonyl (C=O) groups excluding carboxylic acids is 1. The zero-order valence-electron chi connectivity index (χ0n) is 23.8. The van der Waals surface area contributed by atoms with E-state index in [9.17, 15) is 18.3 Å². The number of phenolic OH excluding ortho intramolecular Hbond substituents is 1. The van der Waals surface area contributed by atoms with Gasteiger partial charge in [-0.3, -0.25) is 9.78 Å². The quantitative estimate of drug-likeness (QED) is 0.126. The molecule has 0 aliphatic rings. The maximum atomic E-state index is 13.2. The largest absolute Gasteiger partial charge is 0.507 e. The van der Waals surface area contributed by atoms with Crippen LogP contribution in [0.1, 0.15) is 16.1 Å². The summed E-state index contributed by atoms with van der Waals surface area (Å²) < 4.78 is 32.9. The van der Waals surface area contributed by atoms with E-state index in [1.165, 1.54) is 18.2 Å². The molecule has 4 N–H and O–H groups in total. The van der Waals surface area contributed by atoms with Crippen molar-refractivity contribution in [2.75, 3.05) is 30.3 Å². The highest BCUT2D eigenvalue weighted by atomic mass is 32.2. The van der Waals surface area contributed by atoms with Gasteiger partial charge in [-0.15, -0.1) is 0 Å². The van der Waals surface area contributed by atoms with E-state index in [0.29, 0.717) is 17.0 Å². The van der Waals surface area contributed by atoms with E-state index in [-0.39, 0.29) is 29.7 Å². The number of phenols is 1. The Labute approximate surface area is 256 Å². The molecule has 0 aliphatic heterocycles. The molecule has 1 amide bonds. The van der Waals surface area contributed by atoms with Gasteiger partial charge in [-0.05, 0) is 77.9 Å². The molecule has 0 fully saturated rings. The summed E-state index contributed by atoms with van der Waals surface area (Å²) in [5.41, 5.74) is 4.78. The number of aromatic hydroxyl groups is 1. The number of sulfonamides is 1. The van der Waals surface area contributed by atoms with Gasteiger partial charge in [0.05, 0.1) is 0 Å². The zero-order valence-corrected chi connectivity index (χ0v) is 24.6. The number of para-hydroxylation sites is 1. The van der Waals surface area contributed by atoms with Crippen LogP contribution in [0.5, 0.6) is 11.5 Å². The monoisotopic (exact) mass is 608 g/mol. The summed E-state index contributed by atoms with van der Waals surface area (Å²) >= 11 is 0. The summed E-state index contributed by atoms with van der Waals surface area (Å²) in [6, 6.07) is 33.8. The molecule has 0 saturated heterocycles. The fraction of sp³-hybridized carbons (Fsp3) is 0.118. The van der Waals surface area contributed by atoms with Crippen LogP contribution >= 0.6 is 0 Å². The van der Waals surface area contributed by atoms with E-state index in [0.717, 1.165) is 35.5 Å². The summed E-state index contributed by atoms with van der Waals surface area (Å²) in [6.45, 7) is 0.853. The maximum Gasteiger partial charge on any atom is 0.256 e. The second-order valence-corrected chi connectivity index (χ2v) is 11.5. The number of hydrogen-bond acceptors (Lipinski definition) is 7. The van der Waals surface area contributed by atoms with Crippen LogP contribution in [0, 0.1) is 0 Å². The van der Waals surface area contributed by atoms with Crippen LogP contribution in [0.2, 0.25) is 0 Å². The minimum Gasteiger partial charge on any atom is -0.507 e. The summed E-state index contributed by atoms with van der Waals surface area (Å²) in [5, 5.41) is 16.2. The van der Waals surface area contributed by atoms with Crippen molar-refractivity contribution in [1.29, 1.82) is 0 Å². The topological polar surface area (TPSA) is 130 Å². The predicted molar refractivity (Wildman–Crippen MR) is 171 cm³/mol. The molecule has 0 unspecified atom stereocenters. The van der Waals surface area contributed by atoms with E-state index in [2.05, 4.69) is 20.3 Å². The van der Waals surface area contributed by atoms with Crippen molar-refractivity contribution < 1.29 is 23.1 Å². The van der Waals surface area contributed by atoms with Gasteiger partial charge in [-0.25, -0.2) is 13.1 Å². The first-order chi connectivity index (χ1) is 21.4. The summed E-state index contributed by atoms with van der Waals surface area (Å²) in [4.78, 5) is 17.4. The van der Waals surface area contributed by atoms with E-state index in [1.54, 1.807) is 30.5 Å². The van der Waals surface area contributed by atoms with Crippen LogP contribution in [0.25, 0.3) is 11.1 Å². The predicted octanol–water partition coefficient (Wildman–Crippen LogP) is 5.72. The number of hydrogen-bond donors (Lipinski definition) is 4. The Hall–Kier alpha value is -5.19. The van der Waals surface area contributed by atoms with Crippen LogP contribution in [0.15, 0.2) is 126 Å². The van der Waals surface area contributed by atoms with E-state index in [4.69, 9.17) is 4.74 Å². The SMILES string of the molecule is O=C(Nc1ccc(NCCc2ccccn2)cc1)c1ccccc1-c1ccc(OCCNS(=O)(=O)c2ccccc2O)cc1. The minimum absolute atomic E-state index is 0.0175. The number of carbonyl (C=O) groups is 1. The number of anilines is 2. The standard InChI is InChI=1S/C34H32N4O5S/c39-32-10-3-4-11-33(32)44(41,42)37-23-24-43-29-18-12-25(13-19-29)30-8-1-2-9-31(30)34(40)38-28-16-14-27(15-17-28)36-22-20-26-7-5-6-21-35-26/h1-19,21,36-37,39H,20,22-24H2,(H,38,40). The maximum absolute atomic E-state index is 13.2. The smallest absolute Gasteiger partial charge is 0.256 e. The molecule has 0 bridgehead atoms. The van der Waals surface area contributed by atoms with Crippen molar-refractivity contribution in [2.24, 2.45) is 0 Å². The van der Waals surface area contributed by atoms with E-state index >= 15 is 0 Å². The Morgan fingerprint density at radius 2 is 1.48 bits per heavy atom. The number of nitrogens with zero attached hydrogens (tertiary/aromatic N) is 1. The van der Waals surface area contributed by atoms with Crippen LogP contribution in [0.4, 0.5) is 11.4 Å². The molecule has 0 saturated carbocycles. The summed E-state index contributed by atoms with van der Waals surface area (Å²) in [6.07, 6.45) is 2.60. The first kappa shape index (κ1) is 30.3. The van der Waals surface area contributed by atoms with Crippen molar-refractivity contribution in [3.63, 3.8) is 0 Å². The summed E-state index contributed by atoms with van der Waals surface area (Å²) in [7, 11) is -3.86. The Kier molecular flexibility index (Phi) is 9.85. The molecule has 9 nitrogen and oxygen atoms in total. The molecule has 0 radical (unpaired) electrons. The number of aromatic nitrogens is 1. The summed E-state index contributed by atoms with van der Waals surface area (Å²) in [5.74, 6) is 0.00338. The van der Waals surface area contributed by atoms with Crippen LogP contribution < -0.4 is 20.1 Å². The highest BCUT2D eigenvalue weighted by molar-refractivity contribution is 7.89. The van der Waals surface area contributed by atoms with Gasteiger partial charge in [0.15, 0.2) is 0 Å². The number of ether oxygens (including phenoxy) is 1. The van der Waals surface area contributed by atoms with Gasteiger partial charge in [-0.1, -0.05) is 48.5 Å². The molecular weight excluding hydrogens is 576 g/mol. The fourth-order valence-electron chi connectivity index (χ4n) is 4.52. The van der Waals surface area contributed by atoms with Gasteiger partial charge in [0.25, 0.3) is 5.91 Å². The van der Waals surface area contributed by atoms with Gasteiger partial charge < -0.3 is 20.5 Å². The van der Waals surface area contributed by atoms with Crippen molar-refractivity contribution in [3.8, 4) is 22.6 Å². The second kappa shape index (κ2) is 14.3. The minimum atomic E-state index is -3.86. The molecule has 10 heteroatoms. The molecule has 4 aromatic carbocycles. The Morgan fingerprint density at radius 3 is 2.23 bits per heavy atom. The molecule has 224 valence electrons. The third kappa shape index (κ3) is 8.00. The molecule has 5 aromatic rings. The lowest BCUT2D eigenvalue weighted by atomic mass is 9.99. The number of pyridine rings is 1. The Balaban J connectivity index is 1.14. The zero-order chi connectivity index (χ0) is 30.8. The van der Waals surface area contributed by atoms with Crippen LogP contribution in [-0.4, -0.2) is 44.1 Å². The van der Waals surface area contributed by atoms with Gasteiger partial charge in [0, 0.05) is 48.3 Å². The van der Waals surface area contributed by atoms with Gasteiger partial charge in [0.1, 0.15) is 23.0 Å². The highest BCUT2D eigenvalue weighted by Gasteiger charge is 2.17. The van der Waals surface area contributed by atoms with Gasteiger partial charge >= 0.3 is 0 Å². The molecule has 0 atom stereocenters. The van der Waals surface area contributed by atoms with E-state index in [1.807, 2.05) is 72.8 Å². The van der Waals surface area contributed by atoms with Crippen molar-refractivity contribution in [2.45, 2.75) is 11.3 Å². The molecule has 0 spiro atoms. The molecule has 1 aromatic heterocycles. The number of benzene rings is 4. The normalized spacial score (nSPS) is 11.1. The average Bonchev–Trinajstić information content (AvgIpc) is 3.05. The number of nitrogens with one attached hydrogen (secondary N) is 3. The van der Waals surface area contributed by atoms with E-state index < -0.39 is 10.0 Å². The molecule has 44 heavy (non-hydrogen) atoms. The third-order valence-corrected chi connectivity index (χ3v) is 8.24. The van der Waals surface area contributed by atoms with Gasteiger partial charge in [0.2, 0.25) is 10.0 Å². The van der Waals surface area contributed by atoms with Crippen molar-refractivity contribution >= 4 is 27.3 Å². The second-order valence-electron chi connectivity index (χ2n) is 9.81. The molecule has 0 aliphatic carbocycles.